The van der Waals surface area contributed by atoms with Gasteiger partial charge in [-0.15, -0.1) is 0 Å². The summed E-state index contributed by atoms with van der Waals surface area (Å²) in [7, 11) is 4.21. The first-order valence-corrected chi connectivity index (χ1v) is 10.0. The second-order valence-electron chi connectivity index (χ2n) is 7.65. The molecule has 3 atom stereocenters. The van der Waals surface area contributed by atoms with Crippen LogP contribution in [-0.2, 0) is 0 Å². The molecule has 1 aliphatic rings. The summed E-state index contributed by atoms with van der Waals surface area (Å²) in [5.41, 5.74) is 2.43. The fourth-order valence-corrected chi connectivity index (χ4v) is 3.81. The molecule has 4 nitrogen and oxygen atoms in total. The number of rotatable bonds is 7. The van der Waals surface area contributed by atoms with Gasteiger partial charge in [0, 0.05) is 31.6 Å². The first-order chi connectivity index (χ1) is 13.1. The standard InChI is InChI=1S/C23H33N3O/c1-18-16-26(17-19(2)25(18)4)21-12-8-9-13-23(21)27-22(14-15-24-3)20-10-6-5-7-11-20/h5-13,18-19,22,24H,14-17H2,1-4H3. The van der Waals surface area contributed by atoms with Crippen LogP contribution in [0.5, 0.6) is 5.75 Å². The normalized spacial score (nSPS) is 21.9. The Kier molecular flexibility index (Phi) is 6.75. The lowest BCUT2D eigenvalue weighted by molar-refractivity contribution is 0.167. The fourth-order valence-electron chi connectivity index (χ4n) is 3.81. The molecule has 1 aliphatic heterocycles. The molecule has 2 aromatic carbocycles. The Hall–Kier alpha value is -2.04. The molecular weight excluding hydrogens is 334 g/mol. The van der Waals surface area contributed by atoms with E-state index >= 15 is 0 Å². The van der Waals surface area contributed by atoms with E-state index in [9.17, 15) is 0 Å². The van der Waals surface area contributed by atoms with Crippen LogP contribution in [-0.4, -0.2) is 50.7 Å². The molecule has 3 unspecified atom stereocenters. The molecule has 0 aromatic heterocycles. The number of piperazine rings is 1. The Morgan fingerprint density at radius 3 is 2.30 bits per heavy atom. The van der Waals surface area contributed by atoms with E-state index in [2.05, 4.69) is 90.6 Å². The summed E-state index contributed by atoms with van der Waals surface area (Å²) in [6.07, 6.45) is 0.979. The lowest BCUT2D eigenvalue weighted by Gasteiger charge is -2.44. The SMILES string of the molecule is CNCCC(Oc1ccccc1N1CC(C)N(C)C(C)C1)c1ccccc1. The number of ether oxygens (including phenoxy) is 1. The second-order valence-corrected chi connectivity index (χ2v) is 7.65. The van der Waals surface area contributed by atoms with Gasteiger partial charge in [0.05, 0.1) is 5.69 Å². The van der Waals surface area contributed by atoms with E-state index in [-0.39, 0.29) is 6.10 Å². The minimum absolute atomic E-state index is 0.0436. The van der Waals surface area contributed by atoms with Gasteiger partial charge in [-0.3, -0.25) is 4.90 Å². The van der Waals surface area contributed by atoms with E-state index in [0.717, 1.165) is 31.8 Å². The molecule has 0 saturated carbocycles. The van der Waals surface area contributed by atoms with Gasteiger partial charge in [-0.2, -0.15) is 0 Å². The van der Waals surface area contributed by atoms with E-state index in [1.807, 2.05) is 7.05 Å². The van der Waals surface area contributed by atoms with Gasteiger partial charge in [-0.1, -0.05) is 42.5 Å². The molecular formula is C23H33N3O. The smallest absolute Gasteiger partial charge is 0.143 e. The van der Waals surface area contributed by atoms with E-state index in [0.29, 0.717) is 12.1 Å². The van der Waals surface area contributed by atoms with Crippen LogP contribution in [0.4, 0.5) is 5.69 Å². The molecule has 0 bridgehead atoms. The summed E-state index contributed by atoms with van der Waals surface area (Å²) in [4.78, 5) is 4.93. The molecule has 1 saturated heterocycles. The van der Waals surface area contributed by atoms with Crippen molar-refractivity contribution in [3.8, 4) is 5.75 Å². The number of hydrogen-bond acceptors (Lipinski definition) is 4. The van der Waals surface area contributed by atoms with Gasteiger partial charge in [0.1, 0.15) is 11.9 Å². The minimum atomic E-state index is 0.0436. The number of benzene rings is 2. The van der Waals surface area contributed by atoms with Crippen LogP contribution in [0.25, 0.3) is 0 Å². The fraction of sp³-hybridized carbons (Fsp3) is 0.478. The summed E-state index contributed by atoms with van der Waals surface area (Å²) in [5, 5.41) is 3.25. The van der Waals surface area contributed by atoms with Crippen LogP contribution in [0.1, 0.15) is 31.9 Å². The van der Waals surface area contributed by atoms with Crippen molar-refractivity contribution in [2.75, 3.05) is 38.6 Å². The zero-order chi connectivity index (χ0) is 19.2. The number of nitrogens with zero attached hydrogens (tertiary/aromatic N) is 2. The summed E-state index contributed by atoms with van der Waals surface area (Å²) in [6.45, 7) is 7.56. The molecule has 0 radical (unpaired) electrons. The van der Waals surface area contributed by atoms with Gasteiger partial charge in [-0.05, 0) is 52.2 Å². The number of hydrogen-bond donors (Lipinski definition) is 1. The zero-order valence-corrected chi connectivity index (χ0v) is 17.1. The maximum Gasteiger partial charge on any atom is 0.143 e. The van der Waals surface area contributed by atoms with Gasteiger partial charge >= 0.3 is 0 Å². The molecule has 4 heteroatoms. The van der Waals surface area contributed by atoms with Crippen LogP contribution in [0.3, 0.4) is 0 Å². The molecule has 0 aliphatic carbocycles. The van der Waals surface area contributed by atoms with Crippen LogP contribution in [0.15, 0.2) is 54.6 Å². The molecule has 1 fully saturated rings. The van der Waals surface area contributed by atoms with Gasteiger partial charge in [-0.25, -0.2) is 0 Å². The number of anilines is 1. The summed E-state index contributed by atoms with van der Waals surface area (Å²) >= 11 is 0. The number of nitrogens with one attached hydrogen (secondary N) is 1. The van der Waals surface area contributed by atoms with Crippen molar-refractivity contribution in [2.45, 2.75) is 38.5 Å². The minimum Gasteiger partial charge on any atom is -0.484 e. The third-order valence-electron chi connectivity index (χ3n) is 5.66. The van der Waals surface area contributed by atoms with Crippen LogP contribution in [0.2, 0.25) is 0 Å². The summed E-state index contributed by atoms with van der Waals surface area (Å²) in [5.74, 6) is 0.978. The monoisotopic (exact) mass is 367 g/mol. The van der Waals surface area contributed by atoms with Gasteiger partial charge in [0.2, 0.25) is 0 Å². The average Bonchev–Trinajstić information content (AvgIpc) is 2.70. The quantitative estimate of drug-likeness (QED) is 0.802. The molecule has 2 aromatic rings. The van der Waals surface area contributed by atoms with Crippen molar-refractivity contribution in [2.24, 2.45) is 0 Å². The molecule has 0 amide bonds. The average molecular weight is 368 g/mol. The predicted molar refractivity (Wildman–Crippen MR) is 114 cm³/mol. The largest absolute Gasteiger partial charge is 0.484 e. The van der Waals surface area contributed by atoms with Crippen molar-refractivity contribution in [1.82, 2.24) is 10.2 Å². The number of para-hydroxylation sites is 2. The summed E-state index contributed by atoms with van der Waals surface area (Å²) in [6, 6.07) is 20.1. The van der Waals surface area contributed by atoms with Gasteiger partial charge in [0.15, 0.2) is 0 Å². The topological polar surface area (TPSA) is 27.7 Å². The molecule has 0 spiro atoms. The molecule has 1 heterocycles. The van der Waals surface area contributed by atoms with Gasteiger partial charge < -0.3 is 15.0 Å². The van der Waals surface area contributed by atoms with E-state index in [1.165, 1.54) is 11.3 Å². The lowest BCUT2D eigenvalue weighted by atomic mass is 10.1. The molecule has 27 heavy (non-hydrogen) atoms. The van der Waals surface area contributed by atoms with Crippen LogP contribution in [0, 0.1) is 0 Å². The third-order valence-corrected chi connectivity index (χ3v) is 5.66. The van der Waals surface area contributed by atoms with Crippen molar-refractivity contribution >= 4 is 5.69 Å². The Morgan fingerprint density at radius 2 is 1.63 bits per heavy atom. The predicted octanol–water partition coefficient (Wildman–Crippen LogP) is 3.95. The zero-order valence-electron chi connectivity index (χ0n) is 17.1. The molecule has 1 N–H and O–H groups in total. The van der Waals surface area contributed by atoms with Crippen molar-refractivity contribution < 1.29 is 4.74 Å². The lowest BCUT2D eigenvalue weighted by Crippen LogP contribution is -2.55. The Balaban J connectivity index is 1.84. The van der Waals surface area contributed by atoms with Crippen molar-refractivity contribution in [3.63, 3.8) is 0 Å². The first-order valence-electron chi connectivity index (χ1n) is 10.0. The Morgan fingerprint density at radius 1 is 1.00 bits per heavy atom. The Labute approximate surface area is 164 Å². The van der Waals surface area contributed by atoms with Crippen LogP contribution >= 0.6 is 0 Å². The maximum absolute atomic E-state index is 6.59. The highest BCUT2D eigenvalue weighted by molar-refractivity contribution is 5.59. The highest BCUT2D eigenvalue weighted by Crippen LogP contribution is 2.34. The Bertz CT molecular complexity index is 694. The van der Waals surface area contributed by atoms with E-state index in [4.69, 9.17) is 4.74 Å². The molecule has 146 valence electrons. The highest BCUT2D eigenvalue weighted by atomic mass is 16.5. The van der Waals surface area contributed by atoms with Crippen molar-refractivity contribution in [3.05, 3.63) is 60.2 Å². The van der Waals surface area contributed by atoms with Gasteiger partial charge in [0.25, 0.3) is 0 Å². The number of likely N-dealkylation sites (N-methyl/N-ethyl adjacent to an activating group) is 1. The second kappa shape index (κ2) is 9.25. The highest BCUT2D eigenvalue weighted by Gasteiger charge is 2.28. The molecule has 3 rings (SSSR count). The summed E-state index contributed by atoms with van der Waals surface area (Å²) < 4.78 is 6.59. The van der Waals surface area contributed by atoms with E-state index in [1.54, 1.807) is 0 Å². The third kappa shape index (κ3) is 4.82. The maximum atomic E-state index is 6.59. The van der Waals surface area contributed by atoms with E-state index < -0.39 is 0 Å². The first kappa shape index (κ1) is 19.7. The van der Waals surface area contributed by atoms with Crippen LogP contribution < -0.4 is 15.0 Å². The van der Waals surface area contributed by atoms with Crippen molar-refractivity contribution in [1.29, 1.82) is 0 Å².